The predicted octanol–water partition coefficient (Wildman–Crippen LogP) is 2.95. The van der Waals surface area contributed by atoms with Gasteiger partial charge >= 0.3 is 0 Å². The van der Waals surface area contributed by atoms with Crippen molar-refractivity contribution in [3.05, 3.63) is 40.7 Å². The second-order valence-electron chi connectivity index (χ2n) is 5.19. The third-order valence-electron chi connectivity index (χ3n) is 3.41. The maximum atomic E-state index is 4.52. The van der Waals surface area contributed by atoms with E-state index in [2.05, 4.69) is 52.5 Å². The summed E-state index contributed by atoms with van der Waals surface area (Å²) in [5.74, 6) is 0. The Bertz CT molecular complexity index is 552. The summed E-state index contributed by atoms with van der Waals surface area (Å²) in [4.78, 5) is 11.3. The van der Waals surface area contributed by atoms with Crippen LogP contribution in [0.1, 0.15) is 23.9 Å². The van der Waals surface area contributed by atoms with Crippen molar-refractivity contribution in [2.45, 2.75) is 32.9 Å². The molecule has 0 aliphatic rings. The number of hydrogen-bond acceptors (Lipinski definition) is 5. The van der Waals surface area contributed by atoms with Crippen molar-refractivity contribution in [2.24, 2.45) is 0 Å². The molecule has 2 aromatic rings. The van der Waals surface area contributed by atoms with Crippen molar-refractivity contribution >= 4 is 16.5 Å². The first-order valence-corrected chi connectivity index (χ1v) is 7.70. The Morgan fingerprint density at radius 1 is 1.40 bits per heavy atom. The average molecular weight is 290 g/mol. The van der Waals surface area contributed by atoms with Crippen molar-refractivity contribution < 1.29 is 0 Å². The number of rotatable bonds is 6. The molecule has 0 saturated heterocycles. The number of thiazole rings is 1. The van der Waals surface area contributed by atoms with E-state index in [1.807, 2.05) is 19.3 Å². The summed E-state index contributed by atoms with van der Waals surface area (Å²) >= 11 is 1.65. The van der Waals surface area contributed by atoms with E-state index < -0.39 is 0 Å². The lowest BCUT2D eigenvalue weighted by atomic mass is 10.1. The third kappa shape index (κ3) is 4.02. The van der Waals surface area contributed by atoms with Crippen LogP contribution in [0, 0.1) is 6.92 Å². The molecule has 0 amide bonds. The Morgan fingerprint density at radius 2 is 2.20 bits per heavy atom. The fourth-order valence-corrected chi connectivity index (χ4v) is 2.74. The molecule has 2 heterocycles. The fraction of sp³-hybridized carbons (Fsp3) is 0.467. The quantitative estimate of drug-likeness (QED) is 0.888. The first-order valence-electron chi connectivity index (χ1n) is 6.82. The lowest BCUT2D eigenvalue weighted by Crippen LogP contribution is -2.30. The second kappa shape index (κ2) is 6.81. The fourth-order valence-electron chi connectivity index (χ4n) is 2.07. The van der Waals surface area contributed by atoms with Crippen LogP contribution in [0.4, 0.5) is 5.13 Å². The van der Waals surface area contributed by atoms with Crippen LogP contribution in [-0.2, 0) is 13.0 Å². The Balaban J connectivity index is 1.93. The van der Waals surface area contributed by atoms with Crippen LogP contribution < -0.4 is 5.32 Å². The van der Waals surface area contributed by atoms with Gasteiger partial charge in [0.1, 0.15) is 0 Å². The summed E-state index contributed by atoms with van der Waals surface area (Å²) in [6.07, 6.45) is 2.85. The standard InChI is InChI=1S/C15H22N4S/c1-11-5-6-17-13(7-11)8-12(2)19(4)9-14-10-20-15(16-3)18-14/h5-7,10,12H,8-9H2,1-4H3,(H,16,18)/t12-/m1/s1. The van der Waals surface area contributed by atoms with E-state index in [9.17, 15) is 0 Å². The minimum atomic E-state index is 0.434. The first kappa shape index (κ1) is 14.9. The molecule has 0 aromatic carbocycles. The lowest BCUT2D eigenvalue weighted by molar-refractivity contribution is 0.244. The highest BCUT2D eigenvalue weighted by atomic mass is 32.1. The van der Waals surface area contributed by atoms with Gasteiger partial charge in [0.05, 0.1) is 5.69 Å². The average Bonchev–Trinajstić information content (AvgIpc) is 2.86. The van der Waals surface area contributed by atoms with Gasteiger partial charge < -0.3 is 5.32 Å². The molecule has 108 valence electrons. The molecule has 0 aliphatic heterocycles. The molecule has 4 nitrogen and oxygen atoms in total. The van der Waals surface area contributed by atoms with Crippen molar-refractivity contribution in [3.63, 3.8) is 0 Å². The summed E-state index contributed by atoms with van der Waals surface area (Å²) in [5.41, 5.74) is 3.53. The van der Waals surface area contributed by atoms with E-state index >= 15 is 0 Å². The van der Waals surface area contributed by atoms with Gasteiger partial charge in [-0.25, -0.2) is 4.98 Å². The maximum absolute atomic E-state index is 4.52. The van der Waals surface area contributed by atoms with Gasteiger partial charge in [-0.3, -0.25) is 9.88 Å². The number of pyridine rings is 1. The molecule has 0 aliphatic carbocycles. The van der Waals surface area contributed by atoms with E-state index in [1.54, 1.807) is 11.3 Å². The molecule has 0 fully saturated rings. The van der Waals surface area contributed by atoms with Gasteiger partial charge in [-0.15, -0.1) is 11.3 Å². The Morgan fingerprint density at radius 3 is 2.85 bits per heavy atom. The van der Waals surface area contributed by atoms with Gasteiger partial charge in [0.2, 0.25) is 0 Å². The minimum Gasteiger partial charge on any atom is -0.365 e. The highest BCUT2D eigenvalue weighted by Gasteiger charge is 2.13. The molecule has 0 radical (unpaired) electrons. The van der Waals surface area contributed by atoms with Crippen LogP contribution in [-0.4, -0.2) is 35.0 Å². The number of anilines is 1. The largest absolute Gasteiger partial charge is 0.365 e. The molecule has 1 atom stereocenters. The smallest absolute Gasteiger partial charge is 0.182 e. The van der Waals surface area contributed by atoms with Crippen LogP contribution in [0.5, 0.6) is 0 Å². The van der Waals surface area contributed by atoms with Crippen LogP contribution in [0.25, 0.3) is 0 Å². The number of nitrogens with one attached hydrogen (secondary N) is 1. The number of aromatic nitrogens is 2. The second-order valence-corrected chi connectivity index (χ2v) is 6.04. The molecule has 1 N–H and O–H groups in total. The van der Waals surface area contributed by atoms with Crippen LogP contribution in [0.3, 0.4) is 0 Å². The highest BCUT2D eigenvalue weighted by Crippen LogP contribution is 2.17. The zero-order chi connectivity index (χ0) is 14.5. The molecular formula is C15H22N4S. The van der Waals surface area contributed by atoms with Crippen molar-refractivity contribution in [1.29, 1.82) is 0 Å². The molecule has 0 saturated carbocycles. The molecule has 0 unspecified atom stereocenters. The van der Waals surface area contributed by atoms with Gasteiger partial charge in [-0.2, -0.15) is 0 Å². The van der Waals surface area contributed by atoms with Crippen LogP contribution in [0.2, 0.25) is 0 Å². The monoisotopic (exact) mass is 290 g/mol. The summed E-state index contributed by atoms with van der Waals surface area (Å²) in [6.45, 7) is 5.20. The molecule has 5 heteroatoms. The normalized spacial score (nSPS) is 12.7. The lowest BCUT2D eigenvalue weighted by Gasteiger charge is -2.23. The molecule has 0 spiro atoms. The van der Waals surface area contributed by atoms with Crippen LogP contribution >= 0.6 is 11.3 Å². The van der Waals surface area contributed by atoms with Gasteiger partial charge in [-0.1, -0.05) is 0 Å². The van der Waals surface area contributed by atoms with E-state index in [4.69, 9.17) is 0 Å². The summed E-state index contributed by atoms with van der Waals surface area (Å²) in [5, 5.41) is 6.16. The highest BCUT2D eigenvalue weighted by molar-refractivity contribution is 7.13. The van der Waals surface area contributed by atoms with Gasteiger partial charge in [0.15, 0.2) is 5.13 Å². The van der Waals surface area contributed by atoms with E-state index in [0.29, 0.717) is 6.04 Å². The minimum absolute atomic E-state index is 0.434. The first-order chi connectivity index (χ1) is 9.58. The zero-order valence-corrected chi connectivity index (χ0v) is 13.4. The third-order valence-corrected chi connectivity index (χ3v) is 4.31. The zero-order valence-electron chi connectivity index (χ0n) is 12.6. The molecule has 2 aromatic heterocycles. The molecule has 20 heavy (non-hydrogen) atoms. The summed E-state index contributed by atoms with van der Waals surface area (Å²) < 4.78 is 0. The van der Waals surface area contributed by atoms with E-state index in [-0.39, 0.29) is 0 Å². The maximum Gasteiger partial charge on any atom is 0.182 e. The van der Waals surface area contributed by atoms with Crippen molar-refractivity contribution in [3.8, 4) is 0 Å². The van der Waals surface area contributed by atoms with Gasteiger partial charge in [-0.05, 0) is 38.6 Å². The number of aryl methyl sites for hydroxylation is 1. The SMILES string of the molecule is CNc1nc(CN(C)[C@H](C)Cc2cc(C)ccn2)cs1. The number of nitrogens with zero attached hydrogens (tertiary/aromatic N) is 3. The Labute approximate surface area is 124 Å². The number of likely N-dealkylation sites (N-methyl/N-ethyl adjacent to an activating group) is 1. The molecule has 2 rings (SSSR count). The summed E-state index contributed by atoms with van der Waals surface area (Å²) in [7, 11) is 4.04. The van der Waals surface area contributed by atoms with E-state index in [1.165, 1.54) is 5.56 Å². The summed E-state index contributed by atoms with van der Waals surface area (Å²) in [6, 6.07) is 4.63. The topological polar surface area (TPSA) is 41.1 Å². The van der Waals surface area contributed by atoms with Gasteiger partial charge in [0, 0.05) is 43.3 Å². The number of hydrogen-bond donors (Lipinski definition) is 1. The van der Waals surface area contributed by atoms with Crippen molar-refractivity contribution in [1.82, 2.24) is 14.9 Å². The van der Waals surface area contributed by atoms with Crippen LogP contribution in [0.15, 0.2) is 23.7 Å². The molecule has 0 bridgehead atoms. The Hall–Kier alpha value is -1.46. The van der Waals surface area contributed by atoms with E-state index in [0.717, 1.165) is 29.5 Å². The molecular weight excluding hydrogens is 268 g/mol. The van der Waals surface area contributed by atoms with Gasteiger partial charge in [0.25, 0.3) is 0 Å². The predicted molar refractivity (Wildman–Crippen MR) is 85.3 cm³/mol. The van der Waals surface area contributed by atoms with Crippen molar-refractivity contribution in [2.75, 3.05) is 19.4 Å². The Kier molecular flexibility index (Phi) is 5.09.